The number of fused-ring (bicyclic) bond motifs is 3. The zero-order chi connectivity index (χ0) is 8.84. The third-order valence-corrected chi connectivity index (χ3v) is 2.99. The van der Waals surface area contributed by atoms with E-state index in [1.165, 1.54) is 11.5 Å². The second kappa shape index (κ2) is 2.46. The summed E-state index contributed by atoms with van der Waals surface area (Å²) in [4.78, 5) is 0. The molecule has 3 rings (SSSR count). The highest BCUT2D eigenvalue weighted by molar-refractivity contribution is 9.10. The van der Waals surface area contributed by atoms with Crippen molar-refractivity contribution >= 4 is 48.7 Å². The summed E-state index contributed by atoms with van der Waals surface area (Å²) in [5, 5.41) is 11.5. The average Bonchev–Trinajstić information content (AvgIpc) is 2.66. The molecule has 0 aliphatic carbocycles. The lowest BCUT2D eigenvalue weighted by atomic mass is 10.3. The highest BCUT2D eigenvalue weighted by atomic mass is 79.9. The van der Waals surface area contributed by atoms with E-state index in [0.29, 0.717) is 11.0 Å². The maximum absolute atomic E-state index is 4.63. The minimum absolute atomic E-state index is 0.651. The molecule has 0 saturated heterocycles. The summed E-state index contributed by atoms with van der Waals surface area (Å²) < 4.78 is 10.3. The van der Waals surface area contributed by atoms with Crippen LogP contribution in [0, 0.1) is 0 Å². The molecule has 0 radical (unpaired) electrons. The van der Waals surface area contributed by atoms with Crippen LogP contribution in [-0.2, 0) is 0 Å². The van der Waals surface area contributed by atoms with E-state index in [2.05, 4.69) is 40.5 Å². The molecule has 13 heavy (non-hydrogen) atoms. The number of nitrogens with zero attached hydrogens (tertiary/aromatic N) is 4. The first-order valence-electron chi connectivity index (χ1n) is 3.39. The number of benzene rings is 1. The molecular formula is C6HBrN4OS. The zero-order valence-corrected chi connectivity index (χ0v) is 8.46. The maximum atomic E-state index is 4.63. The lowest BCUT2D eigenvalue weighted by Gasteiger charge is -1.88. The van der Waals surface area contributed by atoms with Gasteiger partial charge in [-0.15, -0.1) is 5.10 Å². The molecule has 7 heteroatoms. The van der Waals surface area contributed by atoms with Crippen molar-refractivity contribution in [3.8, 4) is 0 Å². The SMILES string of the molecule is Brc1cc2snnc2c2nonc12. The molecule has 64 valence electrons. The smallest absolute Gasteiger partial charge is 0.165 e. The largest absolute Gasteiger partial charge is 0.243 e. The molecule has 3 aromatic rings. The summed E-state index contributed by atoms with van der Waals surface area (Å²) in [6, 6.07) is 1.91. The van der Waals surface area contributed by atoms with Gasteiger partial charge in [0.05, 0.1) is 9.17 Å². The third kappa shape index (κ3) is 0.909. The Morgan fingerprint density at radius 3 is 3.00 bits per heavy atom. The topological polar surface area (TPSA) is 64.7 Å². The van der Waals surface area contributed by atoms with E-state index in [1.807, 2.05) is 6.07 Å². The Kier molecular flexibility index (Phi) is 1.39. The number of hydrogen-bond acceptors (Lipinski definition) is 6. The molecule has 0 fully saturated rings. The second-order valence-electron chi connectivity index (χ2n) is 2.44. The van der Waals surface area contributed by atoms with Gasteiger partial charge < -0.3 is 0 Å². The van der Waals surface area contributed by atoms with Crippen molar-refractivity contribution < 1.29 is 4.63 Å². The van der Waals surface area contributed by atoms with Crippen molar-refractivity contribution in [2.45, 2.75) is 0 Å². The quantitative estimate of drug-likeness (QED) is 0.616. The Morgan fingerprint density at radius 1 is 1.23 bits per heavy atom. The number of rotatable bonds is 0. The first kappa shape index (κ1) is 7.34. The molecule has 0 atom stereocenters. The first-order chi connectivity index (χ1) is 6.36. The van der Waals surface area contributed by atoms with Gasteiger partial charge in [-0.1, -0.05) is 4.49 Å². The van der Waals surface area contributed by atoms with Crippen LogP contribution in [0.25, 0.3) is 21.3 Å². The van der Waals surface area contributed by atoms with Gasteiger partial charge in [0, 0.05) is 0 Å². The number of aromatic nitrogens is 4. The van der Waals surface area contributed by atoms with Crippen LogP contribution in [0.1, 0.15) is 0 Å². The van der Waals surface area contributed by atoms with Crippen molar-refractivity contribution in [3.63, 3.8) is 0 Å². The number of hydrogen-bond donors (Lipinski definition) is 0. The average molecular weight is 257 g/mol. The molecule has 0 saturated carbocycles. The summed E-state index contributed by atoms with van der Waals surface area (Å²) in [6.45, 7) is 0. The predicted octanol–water partition coefficient (Wildman–Crippen LogP) is 1.99. The molecule has 1 aromatic carbocycles. The second-order valence-corrected chi connectivity index (χ2v) is 4.08. The maximum Gasteiger partial charge on any atom is 0.165 e. The molecular weight excluding hydrogens is 256 g/mol. The van der Waals surface area contributed by atoms with Gasteiger partial charge in [-0.2, -0.15) is 0 Å². The van der Waals surface area contributed by atoms with Gasteiger partial charge in [-0.3, -0.25) is 0 Å². The van der Waals surface area contributed by atoms with Crippen LogP contribution in [0.15, 0.2) is 15.2 Å². The first-order valence-corrected chi connectivity index (χ1v) is 4.96. The van der Waals surface area contributed by atoms with Crippen LogP contribution in [0.5, 0.6) is 0 Å². The number of halogens is 1. The zero-order valence-electron chi connectivity index (χ0n) is 6.06. The fourth-order valence-corrected chi connectivity index (χ4v) is 2.39. The van der Waals surface area contributed by atoms with Crippen molar-refractivity contribution in [1.82, 2.24) is 19.9 Å². The Bertz CT molecular complexity index is 588. The van der Waals surface area contributed by atoms with Crippen LogP contribution in [0.2, 0.25) is 0 Å². The van der Waals surface area contributed by atoms with E-state index in [-0.39, 0.29) is 0 Å². The van der Waals surface area contributed by atoms with Gasteiger partial charge in [0.1, 0.15) is 5.52 Å². The van der Waals surface area contributed by atoms with Gasteiger partial charge in [-0.25, -0.2) is 4.63 Å². The highest BCUT2D eigenvalue weighted by Gasteiger charge is 2.12. The van der Waals surface area contributed by atoms with Crippen molar-refractivity contribution in [3.05, 3.63) is 10.5 Å². The molecule has 0 unspecified atom stereocenters. The van der Waals surface area contributed by atoms with Crippen LogP contribution in [0.4, 0.5) is 0 Å². The van der Waals surface area contributed by atoms with E-state index in [9.17, 15) is 0 Å². The minimum atomic E-state index is 0.651. The molecule has 5 nitrogen and oxygen atoms in total. The monoisotopic (exact) mass is 256 g/mol. The van der Waals surface area contributed by atoms with Crippen molar-refractivity contribution in [2.24, 2.45) is 0 Å². The molecule has 0 aliphatic heterocycles. The molecule has 0 bridgehead atoms. The van der Waals surface area contributed by atoms with Gasteiger partial charge in [0.2, 0.25) is 0 Å². The van der Waals surface area contributed by atoms with Crippen molar-refractivity contribution in [1.29, 1.82) is 0 Å². The Balaban J connectivity index is 2.70. The summed E-state index contributed by atoms with van der Waals surface area (Å²) in [5.74, 6) is 0. The molecule has 0 spiro atoms. The molecule has 0 aliphatic rings. The fourth-order valence-electron chi connectivity index (χ4n) is 1.14. The van der Waals surface area contributed by atoms with E-state index < -0.39 is 0 Å². The predicted molar refractivity (Wildman–Crippen MR) is 50.5 cm³/mol. The van der Waals surface area contributed by atoms with Gasteiger partial charge >= 0.3 is 0 Å². The van der Waals surface area contributed by atoms with E-state index in [4.69, 9.17) is 0 Å². The van der Waals surface area contributed by atoms with Crippen LogP contribution < -0.4 is 0 Å². The van der Waals surface area contributed by atoms with Crippen LogP contribution in [-0.4, -0.2) is 19.9 Å². The normalized spacial score (nSPS) is 11.5. The molecule has 0 N–H and O–H groups in total. The Hall–Kier alpha value is -1.08. The van der Waals surface area contributed by atoms with Gasteiger partial charge in [-0.05, 0) is 43.8 Å². The van der Waals surface area contributed by atoms with Gasteiger partial charge in [0.15, 0.2) is 11.0 Å². The highest BCUT2D eigenvalue weighted by Crippen LogP contribution is 2.29. The third-order valence-electron chi connectivity index (χ3n) is 1.71. The lowest BCUT2D eigenvalue weighted by Crippen LogP contribution is -1.75. The summed E-state index contributed by atoms with van der Waals surface area (Å²) in [7, 11) is 0. The summed E-state index contributed by atoms with van der Waals surface area (Å²) >= 11 is 4.69. The van der Waals surface area contributed by atoms with E-state index in [0.717, 1.165) is 14.7 Å². The van der Waals surface area contributed by atoms with E-state index in [1.54, 1.807) is 0 Å². The summed E-state index contributed by atoms with van der Waals surface area (Å²) in [6.07, 6.45) is 0. The molecule has 2 aromatic heterocycles. The van der Waals surface area contributed by atoms with Crippen LogP contribution >= 0.6 is 27.5 Å². The lowest BCUT2D eigenvalue weighted by molar-refractivity contribution is 0.315. The van der Waals surface area contributed by atoms with E-state index >= 15 is 0 Å². The molecule has 2 heterocycles. The minimum Gasteiger partial charge on any atom is -0.243 e. The van der Waals surface area contributed by atoms with Crippen LogP contribution in [0.3, 0.4) is 0 Å². The summed E-state index contributed by atoms with van der Waals surface area (Å²) in [5.41, 5.74) is 2.07. The Morgan fingerprint density at radius 2 is 2.08 bits per heavy atom. The van der Waals surface area contributed by atoms with Crippen molar-refractivity contribution in [2.75, 3.05) is 0 Å². The fraction of sp³-hybridized carbons (Fsp3) is 0. The molecule has 0 amide bonds. The Labute approximate surface area is 84.0 Å². The standard InChI is InChI=1S/C6HBrN4OS/c7-2-1-3-5(8-11-13-3)6-4(2)9-12-10-6/h1H. The van der Waals surface area contributed by atoms with Gasteiger partial charge in [0.25, 0.3) is 0 Å².